The molecule has 0 aromatic carbocycles. The maximum absolute atomic E-state index is 11.1. The number of carbonyl (C=O) groups excluding carboxylic acids is 1. The van der Waals surface area contributed by atoms with E-state index in [0.29, 0.717) is 12.5 Å². The minimum atomic E-state index is -0.268. The Morgan fingerprint density at radius 2 is 2.33 bits per heavy atom. The van der Waals surface area contributed by atoms with E-state index in [1.807, 2.05) is 22.9 Å². The second-order valence-corrected chi connectivity index (χ2v) is 5.43. The molecule has 3 rings (SSSR count). The summed E-state index contributed by atoms with van der Waals surface area (Å²) in [4.78, 5) is 22.0. The Morgan fingerprint density at radius 1 is 1.43 bits per heavy atom. The maximum atomic E-state index is 11.1. The minimum absolute atomic E-state index is 0.268. The first-order valence-corrected chi connectivity index (χ1v) is 7.18. The summed E-state index contributed by atoms with van der Waals surface area (Å²) in [5, 5.41) is 0. The molecule has 2 aromatic heterocycles. The Hall–Kier alpha value is -2.21. The third kappa shape index (κ3) is 3.28. The summed E-state index contributed by atoms with van der Waals surface area (Å²) >= 11 is 0. The third-order valence-corrected chi connectivity index (χ3v) is 3.83. The lowest BCUT2D eigenvalue weighted by Gasteiger charge is -2.31. The molecule has 0 bridgehead atoms. The van der Waals surface area contributed by atoms with Crippen LogP contribution < -0.4 is 5.73 Å². The number of carbonyl (C=O) groups is 1. The summed E-state index contributed by atoms with van der Waals surface area (Å²) in [6.45, 7) is 2.10. The highest BCUT2D eigenvalue weighted by atomic mass is 16.1. The van der Waals surface area contributed by atoms with Crippen LogP contribution in [0.2, 0.25) is 0 Å². The van der Waals surface area contributed by atoms with Crippen molar-refractivity contribution in [2.24, 2.45) is 5.73 Å². The van der Waals surface area contributed by atoms with Gasteiger partial charge in [0, 0.05) is 30.6 Å². The number of hydrogen-bond acceptors (Lipinski definition) is 4. The topological polar surface area (TPSA) is 77.0 Å². The number of rotatable bonds is 4. The number of imidazole rings is 1. The van der Waals surface area contributed by atoms with E-state index in [9.17, 15) is 4.79 Å². The molecule has 1 aliphatic heterocycles. The van der Waals surface area contributed by atoms with Gasteiger partial charge in [0.2, 0.25) is 5.91 Å². The van der Waals surface area contributed by atoms with Crippen LogP contribution in [0.3, 0.4) is 0 Å². The predicted octanol–water partition coefficient (Wildman–Crippen LogP) is 0.932. The average molecular weight is 285 g/mol. The molecule has 1 atom stereocenters. The number of primary amides is 1. The fourth-order valence-corrected chi connectivity index (χ4v) is 2.87. The fourth-order valence-electron chi connectivity index (χ4n) is 2.87. The summed E-state index contributed by atoms with van der Waals surface area (Å²) in [6, 6.07) is 6.04. The van der Waals surface area contributed by atoms with Crippen molar-refractivity contribution in [3.05, 3.63) is 42.6 Å². The summed E-state index contributed by atoms with van der Waals surface area (Å²) < 4.78 is 1.90. The molecule has 2 aromatic rings. The van der Waals surface area contributed by atoms with Gasteiger partial charge >= 0.3 is 0 Å². The molecular weight excluding hydrogens is 266 g/mol. The second kappa shape index (κ2) is 6.05. The van der Waals surface area contributed by atoms with E-state index in [4.69, 9.17) is 10.7 Å². The van der Waals surface area contributed by atoms with Gasteiger partial charge in [-0.05, 0) is 31.5 Å². The second-order valence-electron chi connectivity index (χ2n) is 5.43. The molecule has 0 unspecified atom stereocenters. The number of piperidine rings is 1. The molecule has 6 nitrogen and oxygen atoms in total. The van der Waals surface area contributed by atoms with E-state index in [2.05, 4.69) is 16.0 Å². The summed E-state index contributed by atoms with van der Waals surface area (Å²) in [7, 11) is 0. The summed E-state index contributed by atoms with van der Waals surface area (Å²) in [6.07, 6.45) is 7.52. The van der Waals surface area contributed by atoms with Crippen LogP contribution in [-0.2, 0) is 4.79 Å². The third-order valence-electron chi connectivity index (χ3n) is 3.83. The van der Waals surface area contributed by atoms with Gasteiger partial charge in [0.25, 0.3) is 0 Å². The van der Waals surface area contributed by atoms with Gasteiger partial charge in [-0.25, -0.2) is 9.97 Å². The Labute approximate surface area is 123 Å². The van der Waals surface area contributed by atoms with E-state index in [-0.39, 0.29) is 5.91 Å². The molecule has 1 aliphatic rings. The zero-order chi connectivity index (χ0) is 14.7. The van der Waals surface area contributed by atoms with Crippen LogP contribution in [0.4, 0.5) is 0 Å². The van der Waals surface area contributed by atoms with Gasteiger partial charge in [0.05, 0.1) is 6.54 Å². The molecule has 1 fully saturated rings. The van der Waals surface area contributed by atoms with Gasteiger partial charge in [-0.15, -0.1) is 0 Å². The Morgan fingerprint density at radius 3 is 3.10 bits per heavy atom. The van der Waals surface area contributed by atoms with E-state index in [0.717, 1.165) is 37.4 Å². The zero-order valence-electron chi connectivity index (χ0n) is 11.9. The molecule has 2 N–H and O–H groups in total. The predicted molar refractivity (Wildman–Crippen MR) is 79.0 cm³/mol. The minimum Gasteiger partial charge on any atom is -0.369 e. The molecule has 0 spiro atoms. The number of nitrogens with zero attached hydrogens (tertiary/aromatic N) is 4. The number of likely N-dealkylation sites (tertiary alicyclic amines) is 1. The Balaban J connectivity index is 1.77. The molecule has 110 valence electrons. The quantitative estimate of drug-likeness (QED) is 0.906. The van der Waals surface area contributed by atoms with Crippen molar-refractivity contribution in [1.82, 2.24) is 19.4 Å². The lowest BCUT2D eigenvalue weighted by Crippen LogP contribution is -2.40. The van der Waals surface area contributed by atoms with Gasteiger partial charge in [-0.1, -0.05) is 6.07 Å². The number of amides is 1. The highest BCUT2D eigenvalue weighted by molar-refractivity contribution is 5.75. The van der Waals surface area contributed by atoms with Crippen molar-refractivity contribution < 1.29 is 4.79 Å². The van der Waals surface area contributed by atoms with Crippen molar-refractivity contribution in [2.45, 2.75) is 18.8 Å². The number of nitrogens with two attached hydrogens (primary N) is 1. The van der Waals surface area contributed by atoms with Crippen LogP contribution >= 0.6 is 0 Å². The molecule has 0 radical (unpaired) electrons. The van der Waals surface area contributed by atoms with Crippen LogP contribution in [0, 0.1) is 0 Å². The van der Waals surface area contributed by atoms with Gasteiger partial charge in [0.1, 0.15) is 12.1 Å². The van der Waals surface area contributed by atoms with Crippen LogP contribution in [0.5, 0.6) is 0 Å². The molecular formula is C15H19N5O. The van der Waals surface area contributed by atoms with Crippen molar-refractivity contribution >= 4 is 5.91 Å². The Kier molecular flexibility index (Phi) is 3.96. The SMILES string of the molecule is NC(=O)CN1CCC[C@H](c2cccc(-n3ccnc3)n2)C1. The standard InChI is InChI=1S/C15H19N5O/c16-14(21)10-19-7-2-3-12(9-19)13-4-1-5-15(18-13)20-8-6-17-11-20/h1,4-6,8,11-12H,2-3,7,9-10H2,(H2,16,21)/t12-/m0/s1. The summed E-state index contributed by atoms with van der Waals surface area (Å²) in [5.74, 6) is 0.953. The van der Waals surface area contributed by atoms with E-state index < -0.39 is 0 Å². The largest absolute Gasteiger partial charge is 0.369 e. The lowest BCUT2D eigenvalue weighted by molar-refractivity contribution is -0.119. The average Bonchev–Trinajstić information content (AvgIpc) is 3.01. The van der Waals surface area contributed by atoms with Crippen LogP contribution in [0.25, 0.3) is 5.82 Å². The molecule has 3 heterocycles. The zero-order valence-corrected chi connectivity index (χ0v) is 11.9. The Bertz CT molecular complexity index is 610. The first kappa shape index (κ1) is 13.8. The van der Waals surface area contributed by atoms with E-state index in [1.165, 1.54) is 0 Å². The van der Waals surface area contributed by atoms with Gasteiger partial charge in [-0.2, -0.15) is 0 Å². The molecule has 0 aliphatic carbocycles. The summed E-state index contributed by atoms with van der Waals surface area (Å²) in [5.41, 5.74) is 6.35. The first-order valence-electron chi connectivity index (χ1n) is 7.18. The molecule has 1 saturated heterocycles. The van der Waals surface area contributed by atoms with Crippen molar-refractivity contribution in [2.75, 3.05) is 19.6 Å². The van der Waals surface area contributed by atoms with E-state index in [1.54, 1.807) is 12.5 Å². The monoisotopic (exact) mass is 285 g/mol. The number of hydrogen-bond donors (Lipinski definition) is 1. The van der Waals surface area contributed by atoms with Crippen molar-refractivity contribution in [3.8, 4) is 5.82 Å². The van der Waals surface area contributed by atoms with Crippen molar-refractivity contribution in [1.29, 1.82) is 0 Å². The van der Waals surface area contributed by atoms with Crippen LogP contribution in [-0.4, -0.2) is 45.0 Å². The smallest absolute Gasteiger partial charge is 0.231 e. The van der Waals surface area contributed by atoms with Gasteiger partial charge in [-0.3, -0.25) is 14.3 Å². The van der Waals surface area contributed by atoms with Gasteiger partial charge in [0.15, 0.2) is 0 Å². The number of pyridine rings is 1. The molecule has 21 heavy (non-hydrogen) atoms. The van der Waals surface area contributed by atoms with E-state index >= 15 is 0 Å². The molecule has 1 amide bonds. The molecule has 6 heteroatoms. The van der Waals surface area contributed by atoms with Crippen LogP contribution in [0.15, 0.2) is 36.9 Å². The van der Waals surface area contributed by atoms with Gasteiger partial charge < -0.3 is 5.73 Å². The lowest BCUT2D eigenvalue weighted by atomic mass is 9.94. The molecule has 0 saturated carbocycles. The normalized spacial score (nSPS) is 19.5. The van der Waals surface area contributed by atoms with Crippen LogP contribution in [0.1, 0.15) is 24.5 Å². The fraction of sp³-hybridized carbons (Fsp3) is 0.400. The number of aromatic nitrogens is 3. The highest BCUT2D eigenvalue weighted by Crippen LogP contribution is 2.25. The maximum Gasteiger partial charge on any atom is 0.231 e. The first-order chi connectivity index (χ1) is 10.2. The van der Waals surface area contributed by atoms with Crippen molar-refractivity contribution in [3.63, 3.8) is 0 Å². The highest BCUT2D eigenvalue weighted by Gasteiger charge is 2.23.